The lowest BCUT2D eigenvalue weighted by atomic mass is 9.89. The Labute approximate surface area is 145 Å². The molecular weight excluding hydrogens is 324 g/mol. The zero-order chi connectivity index (χ0) is 17.7. The van der Waals surface area contributed by atoms with E-state index in [9.17, 15) is 13.2 Å². The number of nitrogens with zero attached hydrogens (tertiary/aromatic N) is 1. The topological polar surface area (TPSA) is 66.5 Å². The Bertz CT molecular complexity index is 659. The minimum absolute atomic E-state index is 0.172. The van der Waals surface area contributed by atoms with Crippen LogP contribution in [0, 0.1) is 19.8 Å². The molecule has 0 unspecified atom stereocenters. The van der Waals surface area contributed by atoms with Gasteiger partial charge in [0.2, 0.25) is 15.9 Å². The van der Waals surface area contributed by atoms with E-state index in [-0.39, 0.29) is 12.5 Å². The van der Waals surface area contributed by atoms with Crippen LogP contribution in [0.3, 0.4) is 0 Å². The molecule has 1 amide bonds. The molecule has 1 aliphatic rings. The second kappa shape index (κ2) is 8.01. The summed E-state index contributed by atoms with van der Waals surface area (Å²) in [6.07, 6.45) is 7.15. The highest BCUT2D eigenvalue weighted by molar-refractivity contribution is 7.92. The van der Waals surface area contributed by atoms with Crippen LogP contribution >= 0.6 is 0 Å². The molecule has 0 radical (unpaired) electrons. The molecule has 1 saturated carbocycles. The summed E-state index contributed by atoms with van der Waals surface area (Å²) in [7, 11) is -3.52. The molecule has 1 N–H and O–H groups in total. The highest BCUT2D eigenvalue weighted by Gasteiger charge is 2.22. The minimum atomic E-state index is -3.52. The molecular formula is C18H28N2O3S. The molecule has 0 heterocycles. The van der Waals surface area contributed by atoms with Gasteiger partial charge in [-0.25, -0.2) is 8.42 Å². The summed E-state index contributed by atoms with van der Waals surface area (Å²) in [6, 6.07) is 5.57. The Morgan fingerprint density at radius 1 is 1.12 bits per heavy atom. The zero-order valence-electron chi connectivity index (χ0n) is 14.8. The van der Waals surface area contributed by atoms with E-state index in [0.29, 0.717) is 18.2 Å². The van der Waals surface area contributed by atoms with Crippen LogP contribution in [0.2, 0.25) is 0 Å². The summed E-state index contributed by atoms with van der Waals surface area (Å²) in [4.78, 5) is 12.3. The summed E-state index contributed by atoms with van der Waals surface area (Å²) in [6.45, 7) is 4.30. The largest absolute Gasteiger partial charge is 0.354 e. The fourth-order valence-corrected chi connectivity index (χ4v) is 4.17. The van der Waals surface area contributed by atoms with E-state index in [1.54, 1.807) is 12.1 Å². The van der Waals surface area contributed by atoms with Gasteiger partial charge in [-0.1, -0.05) is 25.3 Å². The van der Waals surface area contributed by atoms with Gasteiger partial charge in [0, 0.05) is 6.54 Å². The van der Waals surface area contributed by atoms with Crippen molar-refractivity contribution in [2.75, 3.05) is 23.7 Å². The third-order valence-corrected chi connectivity index (χ3v) is 5.64. The van der Waals surface area contributed by atoms with Gasteiger partial charge in [-0.2, -0.15) is 0 Å². The van der Waals surface area contributed by atoms with Crippen LogP contribution in [0.25, 0.3) is 0 Å². The zero-order valence-corrected chi connectivity index (χ0v) is 15.7. The van der Waals surface area contributed by atoms with Crippen molar-refractivity contribution < 1.29 is 13.2 Å². The fourth-order valence-electron chi connectivity index (χ4n) is 3.33. The molecule has 6 heteroatoms. The first-order valence-corrected chi connectivity index (χ1v) is 10.4. The van der Waals surface area contributed by atoms with Gasteiger partial charge in [-0.15, -0.1) is 0 Å². The van der Waals surface area contributed by atoms with Gasteiger partial charge < -0.3 is 5.32 Å². The number of hydrogen-bond donors (Lipinski definition) is 1. The third-order valence-electron chi connectivity index (χ3n) is 4.49. The van der Waals surface area contributed by atoms with E-state index in [1.165, 1.54) is 23.6 Å². The first-order chi connectivity index (χ1) is 11.3. The summed E-state index contributed by atoms with van der Waals surface area (Å²) in [5.74, 6) is 0.278. The maximum Gasteiger partial charge on any atom is 0.240 e. The van der Waals surface area contributed by atoms with E-state index in [2.05, 4.69) is 5.32 Å². The minimum Gasteiger partial charge on any atom is -0.354 e. The number of rotatable bonds is 6. The molecule has 0 spiro atoms. The van der Waals surface area contributed by atoms with Gasteiger partial charge >= 0.3 is 0 Å². The van der Waals surface area contributed by atoms with Crippen molar-refractivity contribution in [1.29, 1.82) is 0 Å². The maximum atomic E-state index is 12.3. The van der Waals surface area contributed by atoms with Gasteiger partial charge in [0.25, 0.3) is 0 Å². The number of nitrogens with one attached hydrogen (secondary N) is 1. The summed E-state index contributed by atoms with van der Waals surface area (Å²) >= 11 is 0. The number of aryl methyl sites for hydroxylation is 2. The average molecular weight is 353 g/mol. The van der Waals surface area contributed by atoms with Gasteiger partial charge in [-0.3, -0.25) is 9.10 Å². The average Bonchev–Trinajstić information content (AvgIpc) is 2.49. The number of anilines is 1. The Balaban J connectivity index is 2.04. The normalized spacial score (nSPS) is 16.0. The number of benzene rings is 1. The van der Waals surface area contributed by atoms with Crippen molar-refractivity contribution in [3.63, 3.8) is 0 Å². The molecule has 2 rings (SSSR count). The predicted octanol–water partition coefficient (Wildman–Crippen LogP) is 2.77. The van der Waals surface area contributed by atoms with Crippen molar-refractivity contribution in [1.82, 2.24) is 5.32 Å². The van der Waals surface area contributed by atoms with E-state index < -0.39 is 10.0 Å². The Kier molecular flexibility index (Phi) is 6.27. The lowest BCUT2D eigenvalue weighted by molar-refractivity contribution is -0.119. The SMILES string of the molecule is Cc1cc(C)cc(N(CC(=O)NCC2CCCCC2)S(C)(=O)=O)c1. The van der Waals surface area contributed by atoms with Crippen LogP contribution in [0.15, 0.2) is 18.2 Å². The first-order valence-electron chi connectivity index (χ1n) is 8.58. The lowest BCUT2D eigenvalue weighted by Crippen LogP contribution is -2.42. The smallest absolute Gasteiger partial charge is 0.240 e. The molecule has 24 heavy (non-hydrogen) atoms. The quantitative estimate of drug-likeness (QED) is 0.856. The van der Waals surface area contributed by atoms with Crippen molar-refractivity contribution in [2.45, 2.75) is 46.0 Å². The summed E-state index contributed by atoms with van der Waals surface area (Å²) in [5, 5.41) is 2.91. The van der Waals surface area contributed by atoms with E-state index in [4.69, 9.17) is 0 Å². The fraction of sp³-hybridized carbons (Fsp3) is 0.611. The third kappa shape index (κ3) is 5.51. The van der Waals surface area contributed by atoms with Crippen molar-refractivity contribution >= 4 is 21.6 Å². The van der Waals surface area contributed by atoms with Gasteiger partial charge in [-0.05, 0) is 55.9 Å². The Morgan fingerprint density at radius 2 is 1.71 bits per heavy atom. The molecule has 0 aliphatic heterocycles. The van der Waals surface area contributed by atoms with Crippen LogP contribution in [-0.4, -0.2) is 33.7 Å². The molecule has 0 bridgehead atoms. The second-order valence-corrected chi connectivity index (χ2v) is 8.83. The molecule has 0 atom stereocenters. The number of amides is 1. The number of carbonyl (C=O) groups is 1. The van der Waals surface area contributed by atoms with Crippen molar-refractivity contribution in [2.24, 2.45) is 5.92 Å². The maximum absolute atomic E-state index is 12.3. The van der Waals surface area contributed by atoms with Crippen molar-refractivity contribution in [3.8, 4) is 0 Å². The first kappa shape index (κ1) is 18.8. The monoisotopic (exact) mass is 352 g/mol. The molecule has 1 aliphatic carbocycles. The standard InChI is InChI=1S/C18H28N2O3S/c1-14-9-15(2)11-17(10-14)20(24(3,22)23)13-18(21)19-12-16-7-5-4-6-8-16/h9-11,16H,4-8,12-13H2,1-3H3,(H,19,21). The second-order valence-electron chi connectivity index (χ2n) is 6.92. The van der Waals surface area contributed by atoms with Crippen LogP contribution in [0.4, 0.5) is 5.69 Å². The van der Waals surface area contributed by atoms with Crippen LogP contribution < -0.4 is 9.62 Å². The molecule has 5 nitrogen and oxygen atoms in total. The molecule has 0 saturated heterocycles. The van der Waals surface area contributed by atoms with Gasteiger partial charge in [0.05, 0.1) is 11.9 Å². The molecule has 0 aromatic heterocycles. The number of sulfonamides is 1. The van der Waals surface area contributed by atoms with Crippen molar-refractivity contribution in [3.05, 3.63) is 29.3 Å². The van der Waals surface area contributed by atoms with Crippen LogP contribution in [-0.2, 0) is 14.8 Å². The van der Waals surface area contributed by atoms with Gasteiger partial charge in [0.1, 0.15) is 6.54 Å². The number of hydrogen-bond acceptors (Lipinski definition) is 3. The lowest BCUT2D eigenvalue weighted by Gasteiger charge is -2.25. The molecule has 1 fully saturated rings. The van der Waals surface area contributed by atoms with E-state index in [0.717, 1.165) is 30.2 Å². The predicted molar refractivity (Wildman–Crippen MR) is 97.7 cm³/mol. The van der Waals surface area contributed by atoms with Gasteiger partial charge in [0.15, 0.2) is 0 Å². The van der Waals surface area contributed by atoms with Crippen LogP contribution in [0.5, 0.6) is 0 Å². The summed E-state index contributed by atoms with van der Waals surface area (Å²) in [5.41, 5.74) is 2.49. The van der Waals surface area contributed by atoms with Crippen LogP contribution in [0.1, 0.15) is 43.2 Å². The number of carbonyl (C=O) groups excluding carboxylic acids is 1. The highest BCUT2D eigenvalue weighted by Crippen LogP contribution is 2.23. The molecule has 1 aromatic carbocycles. The molecule has 1 aromatic rings. The summed E-state index contributed by atoms with van der Waals surface area (Å²) < 4.78 is 25.5. The highest BCUT2D eigenvalue weighted by atomic mass is 32.2. The Hall–Kier alpha value is -1.56. The van der Waals surface area contributed by atoms with E-state index >= 15 is 0 Å². The molecule has 134 valence electrons. The van der Waals surface area contributed by atoms with E-state index in [1.807, 2.05) is 19.9 Å². The Morgan fingerprint density at radius 3 is 2.25 bits per heavy atom.